The van der Waals surface area contributed by atoms with Crippen LogP contribution in [0.5, 0.6) is 0 Å². The molecule has 0 aromatic carbocycles. The summed E-state index contributed by atoms with van der Waals surface area (Å²) in [6, 6.07) is -0.00997. The number of carbonyl (C=O) groups excluding carboxylic acids is 3. The molecule has 7 fully saturated rings. The van der Waals surface area contributed by atoms with Gasteiger partial charge in [-0.2, -0.15) is 0 Å². The van der Waals surface area contributed by atoms with Gasteiger partial charge >= 0.3 is 0 Å². The Balaban J connectivity index is 0.791. The topological polar surface area (TPSA) is 123 Å². The molecule has 3 aliphatic heterocycles. The maximum Gasteiger partial charge on any atom is 0.249 e. The molecule has 0 radical (unpaired) electrons. The minimum atomic E-state index is -0.492. The van der Waals surface area contributed by atoms with E-state index >= 15 is 0 Å². The Hall–Kier alpha value is -1.85. The Labute approximate surface area is 325 Å². The summed E-state index contributed by atoms with van der Waals surface area (Å²) in [5.74, 6) is 2.03. The minimum absolute atomic E-state index is 0.0197. The number of rotatable bonds is 13. The second kappa shape index (κ2) is 19.1. The molecule has 10 heteroatoms. The Morgan fingerprint density at radius 3 is 2.20 bits per heavy atom. The van der Waals surface area contributed by atoms with Crippen LogP contribution in [0.2, 0.25) is 0 Å². The van der Waals surface area contributed by atoms with Crippen LogP contribution >= 0.6 is 0 Å². The summed E-state index contributed by atoms with van der Waals surface area (Å²) >= 11 is 0. The van der Waals surface area contributed by atoms with Crippen molar-refractivity contribution >= 4 is 17.7 Å². The van der Waals surface area contributed by atoms with Crippen LogP contribution in [-0.4, -0.2) is 119 Å². The fourth-order valence-corrected chi connectivity index (χ4v) is 12.1. The first-order valence-electron chi connectivity index (χ1n) is 22.6. The molecule has 304 valence electrons. The molecule has 54 heavy (non-hydrogen) atoms. The number of aliphatic hydroxyl groups excluding tert-OH is 2. The molecule has 7 aliphatic rings. The Bertz CT molecular complexity index is 1290. The van der Waals surface area contributed by atoms with E-state index < -0.39 is 6.04 Å². The number of piperidine rings is 1. The van der Waals surface area contributed by atoms with E-state index in [9.17, 15) is 24.6 Å². The third-order valence-electron chi connectivity index (χ3n) is 15.2. The van der Waals surface area contributed by atoms with Crippen LogP contribution in [0.15, 0.2) is 11.1 Å². The molecular weight excluding hydrogens is 681 g/mol. The van der Waals surface area contributed by atoms with Gasteiger partial charge in [0, 0.05) is 64.3 Å². The van der Waals surface area contributed by atoms with Crippen molar-refractivity contribution in [3.8, 4) is 0 Å². The van der Waals surface area contributed by atoms with Crippen molar-refractivity contribution < 1.29 is 29.3 Å². The second-order valence-electron chi connectivity index (χ2n) is 18.4. The van der Waals surface area contributed by atoms with E-state index in [2.05, 4.69) is 22.0 Å². The molecule has 4 saturated carbocycles. The van der Waals surface area contributed by atoms with Crippen molar-refractivity contribution in [3.63, 3.8) is 0 Å². The number of ether oxygens (including phenoxy) is 1. The first-order chi connectivity index (χ1) is 26.3. The average Bonchev–Trinajstić information content (AvgIpc) is 3.52. The first-order valence-corrected chi connectivity index (χ1v) is 22.6. The van der Waals surface area contributed by atoms with Gasteiger partial charge in [0.05, 0.1) is 18.3 Å². The van der Waals surface area contributed by atoms with Crippen molar-refractivity contribution in [3.05, 3.63) is 11.1 Å². The average molecular weight is 753 g/mol. The number of hydrogen-bond donors (Lipinski definition) is 3. The number of imide groups is 1. The number of likely N-dealkylation sites (tertiary alicyclic amines) is 1. The van der Waals surface area contributed by atoms with Gasteiger partial charge in [0.25, 0.3) is 0 Å². The van der Waals surface area contributed by atoms with Crippen molar-refractivity contribution in [2.45, 2.75) is 172 Å². The van der Waals surface area contributed by atoms with Gasteiger partial charge in [0.15, 0.2) is 0 Å². The van der Waals surface area contributed by atoms with E-state index in [1.807, 2.05) is 5.57 Å². The maximum atomic E-state index is 13.2. The van der Waals surface area contributed by atoms with Gasteiger partial charge < -0.3 is 24.7 Å². The molecule has 3 heterocycles. The van der Waals surface area contributed by atoms with Crippen LogP contribution in [0.4, 0.5) is 0 Å². The lowest BCUT2D eigenvalue weighted by Crippen LogP contribution is -2.53. The van der Waals surface area contributed by atoms with Gasteiger partial charge in [0.2, 0.25) is 17.7 Å². The Morgan fingerprint density at radius 1 is 0.815 bits per heavy atom. The molecule has 0 aromatic rings. The highest BCUT2D eigenvalue weighted by Crippen LogP contribution is 2.46. The molecule has 4 aliphatic carbocycles. The van der Waals surface area contributed by atoms with E-state index in [0.29, 0.717) is 62.3 Å². The van der Waals surface area contributed by atoms with Crippen LogP contribution in [0.3, 0.4) is 0 Å². The van der Waals surface area contributed by atoms with Gasteiger partial charge in [-0.1, -0.05) is 37.3 Å². The fraction of sp³-hybridized carbons (Fsp3) is 0.886. The molecule has 0 bridgehead atoms. The number of piperazine rings is 1. The largest absolute Gasteiger partial charge is 0.393 e. The number of fused-ring (bicyclic) bond motifs is 1. The molecule has 7 rings (SSSR count). The van der Waals surface area contributed by atoms with Crippen molar-refractivity contribution in [1.29, 1.82) is 0 Å². The zero-order valence-electron chi connectivity index (χ0n) is 33.4. The highest BCUT2D eigenvalue weighted by atomic mass is 16.5. The van der Waals surface area contributed by atoms with Crippen LogP contribution < -0.4 is 5.32 Å². The molecular formula is C44H72N4O6. The van der Waals surface area contributed by atoms with E-state index in [4.69, 9.17) is 4.74 Å². The molecule has 0 aromatic heterocycles. The molecule has 5 atom stereocenters. The molecule has 0 spiro atoms. The first kappa shape index (κ1) is 40.4. The number of amides is 3. The zero-order valence-corrected chi connectivity index (χ0v) is 33.4. The number of allylic oxidation sites excluding steroid dienone is 2. The van der Waals surface area contributed by atoms with E-state index in [0.717, 1.165) is 103 Å². The number of carbonyl (C=O) groups is 3. The Morgan fingerprint density at radius 2 is 1.52 bits per heavy atom. The second-order valence-corrected chi connectivity index (χ2v) is 18.4. The molecule has 10 nitrogen and oxygen atoms in total. The third kappa shape index (κ3) is 9.81. The number of nitrogens with one attached hydrogen (secondary N) is 1. The standard InChI is InChI=1S/C44H72N4O6/c1-2-38(30-6-4-3-5-7-30)42(31-8-13-35(49)14-9-31)32-10-15-37(16-11-32)54-27-21-36(50)20-22-46-23-25-47(26-24-46)34-12-17-39-33(28-34)29-48(44(39)53)40-18-19-41(51)45-43(40)52/h30-37,39-40,49-50H,2-29H2,1H3,(H,45,51,52)/b42-38-. The van der Waals surface area contributed by atoms with Crippen molar-refractivity contribution in [2.24, 2.45) is 29.6 Å². The number of hydrogen-bond acceptors (Lipinski definition) is 8. The monoisotopic (exact) mass is 753 g/mol. The summed E-state index contributed by atoms with van der Waals surface area (Å²) in [6.45, 7) is 8.66. The van der Waals surface area contributed by atoms with Gasteiger partial charge in [0.1, 0.15) is 6.04 Å². The Kier molecular flexibility index (Phi) is 14.2. The highest BCUT2D eigenvalue weighted by molar-refractivity contribution is 6.02. The fourth-order valence-electron chi connectivity index (χ4n) is 12.1. The summed E-state index contributed by atoms with van der Waals surface area (Å²) in [4.78, 5) is 44.2. The number of nitrogens with zero attached hydrogens (tertiary/aromatic N) is 3. The summed E-state index contributed by atoms with van der Waals surface area (Å²) in [5, 5.41) is 23.6. The predicted octanol–water partition coefficient (Wildman–Crippen LogP) is 5.59. The highest BCUT2D eigenvalue weighted by Gasteiger charge is 2.49. The quantitative estimate of drug-likeness (QED) is 0.165. The normalized spacial score (nSPS) is 36.1. The van der Waals surface area contributed by atoms with Crippen LogP contribution in [0, 0.1) is 29.6 Å². The molecule has 3 saturated heterocycles. The van der Waals surface area contributed by atoms with Crippen LogP contribution in [-0.2, 0) is 19.1 Å². The molecule has 3 N–H and O–H groups in total. The summed E-state index contributed by atoms with van der Waals surface area (Å²) < 4.78 is 6.42. The molecule has 5 unspecified atom stereocenters. The SMILES string of the molecule is CC/C(=C(\C1CCC(O)CC1)C1CCC(OCCC(O)CCN2CCN(C3CCC4C(=O)N(C5CCC(=O)NC5=O)CC4C3)CC2)CC1)C1CCCCC1. The van der Waals surface area contributed by atoms with Gasteiger partial charge in [-0.3, -0.25) is 24.6 Å². The molecule has 3 amide bonds. The van der Waals surface area contributed by atoms with Gasteiger partial charge in [-0.05, 0) is 133 Å². The smallest absolute Gasteiger partial charge is 0.249 e. The number of aliphatic hydroxyl groups is 2. The maximum absolute atomic E-state index is 13.2. The zero-order chi connectivity index (χ0) is 37.6. The van der Waals surface area contributed by atoms with E-state index in [-0.39, 0.29) is 35.8 Å². The lowest BCUT2D eigenvalue weighted by molar-refractivity contribution is -0.144. The van der Waals surface area contributed by atoms with Gasteiger partial charge in [-0.25, -0.2) is 0 Å². The summed E-state index contributed by atoms with van der Waals surface area (Å²) in [7, 11) is 0. The third-order valence-corrected chi connectivity index (χ3v) is 15.2. The van der Waals surface area contributed by atoms with E-state index in [1.165, 1.54) is 51.4 Å². The van der Waals surface area contributed by atoms with Crippen LogP contribution in [0.1, 0.15) is 142 Å². The van der Waals surface area contributed by atoms with Crippen molar-refractivity contribution in [1.82, 2.24) is 20.0 Å². The predicted molar refractivity (Wildman–Crippen MR) is 209 cm³/mol. The van der Waals surface area contributed by atoms with E-state index in [1.54, 1.807) is 10.5 Å². The lowest BCUT2D eigenvalue weighted by Gasteiger charge is -2.42. The minimum Gasteiger partial charge on any atom is -0.393 e. The van der Waals surface area contributed by atoms with Gasteiger partial charge in [-0.15, -0.1) is 0 Å². The summed E-state index contributed by atoms with van der Waals surface area (Å²) in [5.41, 5.74) is 3.63. The van der Waals surface area contributed by atoms with Crippen molar-refractivity contribution in [2.75, 3.05) is 45.9 Å². The lowest BCUT2D eigenvalue weighted by atomic mass is 9.68. The van der Waals surface area contributed by atoms with Crippen LogP contribution in [0.25, 0.3) is 0 Å². The summed E-state index contributed by atoms with van der Waals surface area (Å²) in [6.07, 6.45) is 22.1.